The number of aliphatic carboxylic acids is 1. The summed E-state index contributed by atoms with van der Waals surface area (Å²) in [6.07, 6.45) is 10.9. The molecule has 1 aromatic heterocycles. The van der Waals surface area contributed by atoms with E-state index in [1.807, 2.05) is 24.5 Å². The molecule has 6 rings (SSSR count). The molecule has 1 heterocycles. The van der Waals surface area contributed by atoms with Gasteiger partial charge in [0.05, 0.1) is 31.9 Å². The smallest absolute Gasteiger partial charge is 0.416 e. The molecule has 3 aromatic carbocycles. The van der Waals surface area contributed by atoms with Gasteiger partial charge in [0.2, 0.25) is 5.91 Å². The van der Waals surface area contributed by atoms with Crippen LogP contribution in [0.1, 0.15) is 90.9 Å². The first-order chi connectivity index (χ1) is 27.8. The summed E-state index contributed by atoms with van der Waals surface area (Å²) in [5.74, 6) is 0.563. The highest BCUT2D eigenvalue weighted by Crippen LogP contribution is 2.42. The number of carboxylic acids is 1. The van der Waals surface area contributed by atoms with Crippen molar-refractivity contribution < 1.29 is 42.1 Å². The summed E-state index contributed by atoms with van der Waals surface area (Å²) in [6.45, 7) is 1.69. The van der Waals surface area contributed by atoms with Crippen LogP contribution in [0.15, 0.2) is 79.1 Å². The maximum Gasteiger partial charge on any atom is 0.416 e. The molecule has 306 valence electrons. The fourth-order valence-corrected chi connectivity index (χ4v) is 8.18. The number of nitrogens with zero attached hydrogens (tertiary/aromatic N) is 3. The molecule has 58 heavy (non-hydrogen) atoms. The summed E-state index contributed by atoms with van der Waals surface area (Å²) in [4.78, 5) is 48.8. The fraction of sp³-hybridized carbons (Fsp3) is 0.400. The fourth-order valence-electron chi connectivity index (χ4n) is 8.18. The van der Waals surface area contributed by atoms with E-state index in [1.54, 1.807) is 12.1 Å². The number of hydrogen-bond acceptors (Lipinski definition) is 7. The van der Waals surface area contributed by atoms with Crippen molar-refractivity contribution in [2.24, 2.45) is 17.8 Å². The number of amides is 2. The lowest BCUT2D eigenvalue weighted by molar-refractivity contribution is -0.139. The summed E-state index contributed by atoms with van der Waals surface area (Å²) < 4.78 is 51.4. The molecule has 2 amide bonds. The van der Waals surface area contributed by atoms with E-state index in [9.17, 15) is 32.7 Å². The predicted molar refractivity (Wildman–Crippen MR) is 214 cm³/mol. The predicted octanol–water partition coefficient (Wildman–Crippen LogP) is 9.49. The van der Waals surface area contributed by atoms with E-state index in [0.29, 0.717) is 11.4 Å². The van der Waals surface area contributed by atoms with Crippen LogP contribution in [0.5, 0.6) is 11.5 Å². The van der Waals surface area contributed by atoms with Gasteiger partial charge in [0, 0.05) is 35.6 Å². The number of methoxy groups -OCH3 is 2. The Bertz CT molecular complexity index is 2110. The second-order valence-corrected chi connectivity index (χ2v) is 15.2. The Kier molecular flexibility index (Phi) is 13.5. The molecule has 0 saturated heterocycles. The quantitative estimate of drug-likeness (QED) is 0.129. The number of halogens is 3. The molecule has 10 nitrogen and oxygen atoms in total. The van der Waals surface area contributed by atoms with Crippen molar-refractivity contribution in [2.75, 3.05) is 26.1 Å². The third kappa shape index (κ3) is 10.4. The lowest BCUT2D eigenvalue weighted by Gasteiger charge is -2.35. The molecule has 4 aromatic rings. The maximum atomic E-state index is 13.7. The number of carbonyl (C=O) groups excluding carboxylic acids is 2. The molecular formula is C45H49F3N4O6. The van der Waals surface area contributed by atoms with Crippen molar-refractivity contribution in [1.29, 1.82) is 0 Å². The minimum absolute atomic E-state index is 0.00214. The first kappa shape index (κ1) is 41.9. The standard InChI is InChI=1S/C45H49F3N4O6/c1-4-28-5-9-30(10-6-28)31-13-15-32(16-14-31)36-24-49-43(50-25-36)33-11-7-29(8-12-33)26-52(27-42(54)55)44(56)35-18-20-39(40(21-35)58-3)51-41(53)22-34-17-19-37(57-2)23-38(34)45(46,47)48/h7-8,11-12,15,17-21,23-25,28,30-31H,4-6,9-10,13-14,16,22,26-27H2,1-3H3,(H,51,53)(H,54,55). The first-order valence-corrected chi connectivity index (χ1v) is 19.7. The number of alkyl halides is 3. The van der Waals surface area contributed by atoms with E-state index in [2.05, 4.69) is 28.3 Å². The first-order valence-electron chi connectivity index (χ1n) is 19.7. The van der Waals surface area contributed by atoms with Gasteiger partial charge in [-0.3, -0.25) is 14.4 Å². The molecule has 1 saturated carbocycles. The average Bonchev–Trinajstić information content (AvgIpc) is 3.23. The minimum atomic E-state index is -4.71. The molecule has 2 N–H and O–H groups in total. The molecule has 13 heteroatoms. The Balaban J connectivity index is 1.08. The largest absolute Gasteiger partial charge is 0.497 e. The second-order valence-electron chi connectivity index (χ2n) is 15.2. The number of ether oxygens (including phenoxy) is 2. The van der Waals surface area contributed by atoms with Gasteiger partial charge in [0.1, 0.15) is 18.0 Å². The summed E-state index contributed by atoms with van der Waals surface area (Å²) in [5, 5.41) is 12.2. The van der Waals surface area contributed by atoms with Crippen molar-refractivity contribution >= 4 is 29.0 Å². The topological polar surface area (TPSA) is 131 Å². The third-order valence-electron chi connectivity index (χ3n) is 11.5. The molecule has 1 atom stereocenters. The van der Waals surface area contributed by atoms with Gasteiger partial charge < -0.3 is 24.8 Å². The number of allylic oxidation sites excluding steroid dienone is 2. The van der Waals surface area contributed by atoms with Crippen molar-refractivity contribution in [3.8, 4) is 22.9 Å². The summed E-state index contributed by atoms with van der Waals surface area (Å²) >= 11 is 0. The van der Waals surface area contributed by atoms with Crippen molar-refractivity contribution in [3.05, 3.63) is 107 Å². The van der Waals surface area contributed by atoms with Crippen molar-refractivity contribution in [2.45, 2.75) is 77.4 Å². The number of hydrogen-bond donors (Lipinski definition) is 2. The Morgan fingerprint density at radius 3 is 2.21 bits per heavy atom. The normalized spacial score (nSPS) is 18.2. The van der Waals surface area contributed by atoms with Crippen LogP contribution in [0.3, 0.4) is 0 Å². The Hall–Kier alpha value is -5.72. The van der Waals surface area contributed by atoms with Crippen LogP contribution in [0, 0.1) is 17.8 Å². The SMILES string of the molecule is CCC1CCC(C2CC=C(c3cnc(-c4ccc(CN(CC(=O)O)C(=O)c5ccc(NC(=O)Cc6ccc(OC)cc6C(F)(F)F)c(OC)c5)cc4)nc3)CC2)CC1. The Morgan fingerprint density at radius 2 is 1.60 bits per heavy atom. The molecule has 2 aliphatic rings. The highest BCUT2D eigenvalue weighted by molar-refractivity contribution is 5.99. The highest BCUT2D eigenvalue weighted by Gasteiger charge is 2.34. The van der Waals surface area contributed by atoms with Gasteiger partial charge in [-0.15, -0.1) is 0 Å². The van der Waals surface area contributed by atoms with Gasteiger partial charge >= 0.3 is 12.1 Å². The van der Waals surface area contributed by atoms with E-state index >= 15 is 0 Å². The molecule has 1 fully saturated rings. The van der Waals surface area contributed by atoms with Gasteiger partial charge in [0.15, 0.2) is 5.82 Å². The van der Waals surface area contributed by atoms with Crippen molar-refractivity contribution in [3.63, 3.8) is 0 Å². The summed E-state index contributed by atoms with van der Waals surface area (Å²) in [5.41, 5.74) is 2.74. The molecule has 0 spiro atoms. The zero-order chi connectivity index (χ0) is 41.4. The van der Waals surface area contributed by atoms with Gasteiger partial charge in [-0.1, -0.05) is 62.6 Å². The highest BCUT2D eigenvalue weighted by atomic mass is 19.4. The van der Waals surface area contributed by atoms with Gasteiger partial charge in [-0.05, 0) is 96.9 Å². The van der Waals surface area contributed by atoms with E-state index < -0.39 is 42.5 Å². The van der Waals surface area contributed by atoms with E-state index in [0.717, 1.165) is 52.7 Å². The van der Waals surface area contributed by atoms with Crippen LogP contribution >= 0.6 is 0 Å². The summed E-state index contributed by atoms with van der Waals surface area (Å²) in [6, 6.07) is 14.7. The third-order valence-corrected chi connectivity index (χ3v) is 11.5. The zero-order valence-corrected chi connectivity index (χ0v) is 33.0. The molecular weight excluding hydrogens is 750 g/mol. The number of carbonyl (C=O) groups is 3. The van der Waals surface area contributed by atoms with Gasteiger partial charge in [-0.2, -0.15) is 13.2 Å². The van der Waals surface area contributed by atoms with Gasteiger partial charge in [-0.25, -0.2) is 9.97 Å². The lowest BCUT2D eigenvalue weighted by atomic mass is 9.71. The molecule has 0 bridgehead atoms. The number of anilines is 1. The van der Waals surface area contributed by atoms with Crippen molar-refractivity contribution in [1.82, 2.24) is 14.9 Å². The zero-order valence-electron chi connectivity index (χ0n) is 33.0. The van der Waals surface area contributed by atoms with E-state index in [4.69, 9.17) is 9.47 Å². The monoisotopic (exact) mass is 798 g/mol. The van der Waals surface area contributed by atoms with Crippen LogP contribution < -0.4 is 14.8 Å². The Labute approximate surface area is 336 Å². The number of rotatable bonds is 14. The lowest BCUT2D eigenvalue weighted by Crippen LogP contribution is -2.35. The molecule has 0 aliphatic heterocycles. The summed E-state index contributed by atoms with van der Waals surface area (Å²) in [7, 11) is 2.55. The number of benzene rings is 3. The number of nitrogens with one attached hydrogen (secondary N) is 1. The molecule has 2 aliphatic carbocycles. The minimum Gasteiger partial charge on any atom is -0.497 e. The van der Waals surface area contributed by atoms with Crippen LogP contribution in [0.25, 0.3) is 17.0 Å². The van der Waals surface area contributed by atoms with Gasteiger partial charge in [0.25, 0.3) is 5.91 Å². The molecule has 0 radical (unpaired) electrons. The van der Waals surface area contributed by atoms with E-state index in [1.165, 1.54) is 88.6 Å². The number of aromatic nitrogens is 2. The second kappa shape index (κ2) is 18.7. The number of carboxylic acid groups (broad SMARTS) is 1. The van der Waals surface area contributed by atoms with E-state index in [-0.39, 0.29) is 34.9 Å². The maximum absolute atomic E-state index is 13.7. The van der Waals surface area contributed by atoms with Crippen LogP contribution in [0.4, 0.5) is 18.9 Å². The Morgan fingerprint density at radius 1 is 0.879 bits per heavy atom. The van der Waals surface area contributed by atoms with Crippen LogP contribution in [0.2, 0.25) is 0 Å². The van der Waals surface area contributed by atoms with Crippen LogP contribution in [-0.2, 0) is 28.7 Å². The molecule has 1 unspecified atom stereocenters. The van der Waals surface area contributed by atoms with Crippen LogP contribution in [-0.4, -0.2) is 58.5 Å². The average molecular weight is 799 g/mol.